The molecule has 1 aliphatic rings. The second kappa shape index (κ2) is 3.20. The molecule has 0 fully saturated rings. The SMILES string of the molecule is COC1=CC=CCC(C)=N1. The molecule has 0 atom stereocenters. The van der Waals surface area contributed by atoms with Gasteiger partial charge < -0.3 is 4.74 Å². The first-order chi connectivity index (χ1) is 4.83. The summed E-state index contributed by atoms with van der Waals surface area (Å²) in [5.74, 6) is 0.686. The zero-order valence-corrected chi connectivity index (χ0v) is 6.29. The van der Waals surface area contributed by atoms with Gasteiger partial charge >= 0.3 is 0 Å². The number of methoxy groups -OCH3 is 1. The highest BCUT2D eigenvalue weighted by molar-refractivity contribution is 5.84. The van der Waals surface area contributed by atoms with Crippen molar-refractivity contribution in [2.75, 3.05) is 7.11 Å². The predicted octanol–water partition coefficient (Wildman–Crippen LogP) is 1.90. The van der Waals surface area contributed by atoms with Crippen LogP contribution in [0.4, 0.5) is 0 Å². The van der Waals surface area contributed by atoms with Gasteiger partial charge in [-0.2, -0.15) is 0 Å². The van der Waals surface area contributed by atoms with Crippen molar-refractivity contribution in [3.63, 3.8) is 0 Å². The van der Waals surface area contributed by atoms with E-state index < -0.39 is 0 Å². The van der Waals surface area contributed by atoms with Crippen LogP contribution in [-0.2, 0) is 4.74 Å². The van der Waals surface area contributed by atoms with Crippen LogP contribution in [0.1, 0.15) is 13.3 Å². The molecule has 0 radical (unpaired) electrons. The van der Waals surface area contributed by atoms with Crippen LogP contribution in [0.3, 0.4) is 0 Å². The Morgan fingerprint density at radius 2 is 2.40 bits per heavy atom. The van der Waals surface area contributed by atoms with Crippen molar-refractivity contribution in [2.24, 2.45) is 4.99 Å². The van der Waals surface area contributed by atoms with Crippen molar-refractivity contribution in [2.45, 2.75) is 13.3 Å². The summed E-state index contributed by atoms with van der Waals surface area (Å²) >= 11 is 0. The van der Waals surface area contributed by atoms with Crippen LogP contribution in [0.25, 0.3) is 0 Å². The highest BCUT2D eigenvalue weighted by atomic mass is 16.5. The topological polar surface area (TPSA) is 21.6 Å². The fourth-order valence-corrected chi connectivity index (χ4v) is 0.774. The molecule has 0 unspecified atom stereocenters. The third-order valence-electron chi connectivity index (χ3n) is 1.30. The molecule has 10 heavy (non-hydrogen) atoms. The van der Waals surface area contributed by atoms with E-state index in [2.05, 4.69) is 11.1 Å². The van der Waals surface area contributed by atoms with Gasteiger partial charge in [0.1, 0.15) is 0 Å². The fourth-order valence-electron chi connectivity index (χ4n) is 0.774. The van der Waals surface area contributed by atoms with Gasteiger partial charge in [0.2, 0.25) is 5.88 Å². The molecule has 0 aromatic heterocycles. The lowest BCUT2D eigenvalue weighted by Gasteiger charge is -1.97. The zero-order chi connectivity index (χ0) is 7.40. The molecule has 2 heteroatoms. The van der Waals surface area contributed by atoms with Crippen molar-refractivity contribution < 1.29 is 4.74 Å². The van der Waals surface area contributed by atoms with Crippen LogP contribution in [0, 0.1) is 0 Å². The van der Waals surface area contributed by atoms with E-state index in [1.54, 1.807) is 7.11 Å². The molecule has 0 saturated carbocycles. The van der Waals surface area contributed by atoms with Crippen molar-refractivity contribution in [3.05, 3.63) is 24.1 Å². The Bertz CT molecular complexity index is 199. The molecule has 0 aliphatic carbocycles. The van der Waals surface area contributed by atoms with E-state index >= 15 is 0 Å². The van der Waals surface area contributed by atoms with Crippen molar-refractivity contribution >= 4 is 5.71 Å². The summed E-state index contributed by atoms with van der Waals surface area (Å²) in [4.78, 5) is 4.19. The van der Waals surface area contributed by atoms with E-state index in [1.165, 1.54) is 0 Å². The average molecular weight is 137 g/mol. The number of hydrogen-bond donors (Lipinski definition) is 0. The number of rotatable bonds is 1. The van der Waals surface area contributed by atoms with Gasteiger partial charge in [0, 0.05) is 12.1 Å². The number of hydrogen-bond acceptors (Lipinski definition) is 2. The molecule has 0 saturated heterocycles. The minimum Gasteiger partial charge on any atom is -0.481 e. The Morgan fingerprint density at radius 3 is 3.10 bits per heavy atom. The highest BCUT2D eigenvalue weighted by Crippen LogP contribution is 2.04. The zero-order valence-electron chi connectivity index (χ0n) is 6.29. The van der Waals surface area contributed by atoms with Gasteiger partial charge in [-0.25, -0.2) is 4.99 Å². The predicted molar refractivity (Wildman–Crippen MR) is 42.0 cm³/mol. The fraction of sp³-hybridized carbons (Fsp3) is 0.375. The van der Waals surface area contributed by atoms with Crippen LogP contribution in [0.5, 0.6) is 0 Å². The lowest BCUT2D eigenvalue weighted by Crippen LogP contribution is -1.89. The van der Waals surface area contributed by atoms with Gasteiger partial charge in [-0.3, -0.25) is 0 Å². The van der Waals surface area contributed by atoms with Crippen LogP contribution in [0.2, 0.25) is 0 Å². The van der Waals surface area contributed by atoms with Gasteiger partial charge in [-0.15, -0.1) is 0 Å². The summed E-state index contributed by atoms with van der Waals surface area (Å²) in [6, 6.07) is 0. The Kier molecular flexibility index (Phi) is 2.26. The average Bonchev–Trinajstić information content (AvgIpc) is 2.13. The van der Waals surface area contributed by atoms with Crippen LogP contribution in [0.15, 0.2) is 29.1 Å². The molecule has 2 nitrogen and oxygen atoms in total. The van der Waals surface area contributed by atoms with Crippen LogP contribution < -0.4 is 0 Å². The number of ether oxygens (including phenoxy) is 1. The minimum atomic E-state index is 0.686. The van der Waals surface area contributed by atoms with Crippen LogP contribution in [-0.4, -0.2) is 12.8 Å². The molecular formula is C8H11NO. The molecule has 0 aromatic rings. The molecule has 1 rings (SSSR count). The Labute approximate surface area is 60.9 Å². The summed E-state index contributed by atoms with van der Waals surface area (Å²) in [7, 11) is 1.63. The normalized spacial score (nSPS) is 17.4. The molecule has 54 valence electrons. The molecule has 0 amide bonds. The lowest BCUT2D eigenvalue weighted by atomic mass is 10.3. The second-order valence-corrected chi connectivity index (χ2v) is 2.19. The van der Waals surface area contributed by atoms with Gasteiger partial charge in [0.25, 0.3) is 0 Å². The Hall–Kier alpha value is -1.05. The molecule has 1 aliphatic heterocycles. The Balaban J connectivity index is 2.78. The molecule has 0 bridgehead atoms. The third-order valence-corrected chi connectivity index (χ3v) is 1.30. The third kappa shape index (κ3) is 1.72. The van der Waals surface area contributed by atoms with Crippen LogP contribution >= 0.6 is 0 Å². The monoisotopic (exact) mass is 137 g/mol. The van der Waals surface area contributed by atoms with Crippen molar-refractivity contribution in [1.29, 1.82) is 0 Å². The van der Waals surface area contributed by atoms with Gasteiger partial charge in [-0.05, 0) is 13.0 Å². The largest absolute Gasteiger partial charge is 0.481 e. The maximum absolute atomic E-state index is 4.96. The summed E-state index contributed by atoms with van der Waals surface area (Å²) < 4.78 is 4.96. The standard InChI is InChI=1S/C8H11NO/c1-7-5-3-4-6-8(9-7)10-2/h3-4,6H,5H2,1-2H3. The number of nitrogens with zero attached hydrogens (tertiary/aromatic N) is 1. The summed E-state index contributed by atoms with van der Waals surface area (Å²) in [5, 5.41) is 0. The van der Waals surface area contributed by atoms with E-state index in [9.17, 15) is 0 Å². The maximum atomic E-state index is 4.96. The quantitative estimate of drug-likeness (QED) is 0.541. The minimum absolute atomic E-state index is 0.686. The molecule has 1 heterocycles. The Morgan fingerprint density at radius 1 is 1.60 bits per heavy atom. The lowest BCUT2D eigenvalue weighted by molar-refractivity contribution is 0.289. The first kappa shape index (κ1) is 7.06. The maximum Gasteiger partial charge on any atom is 0.212 e. The van der Waals surface area contributed by atoms with Crippen molar-refractivity contribution in [1.82, 2.24) is 0 Å². The molecule has 0 aromatic carbocycles. The molecule has 0 N–H and O–H groups in total. The number of aliphatic imine (C=N–C) groups is 1. The summed E-state index contributed by atoms with van der Waals surface area (Å²) in [6.07, 6.45) is 6.80. The highest BCUT2D eigenvalue weighted by Gasteiger charge is 1.95. The van der Waals surface area contributed by atoms with Gasteiger partial charge in [0.15, 0.2) is 0 Å². The molecular weight excluding hydrogens is 126 g/mol. The van der Waals surface area contributed by atoms with Crippen molar-refractivity contribution in [3.8, 4) is 0 Å². The van der Waals surface area contributed by atoms with Gasteiger partial charge in [0.05, 0.1) is 7.11 Å². The van der Waals surface area contributed by atoms with E-state index in [0.29, 0.717) is 5.88 Å². The molecule has 0 spiro atoms. The first-order valence-corrected chi connectivity index (χ1v) is 3.28. The summed E-state index contributed by atoms with van der Waals surface area (Å²) in [6.45, 7) is 1.99. The van der Waals surface area contributed by atoms with E-state index in [-0.39, 0.29) is 0 Å². The first-order valence-electron chi connectivity index (χ1n) is 3.28. The van der Waals surface area contributed by atoms with E-state index in [0.717, 1.165) is 12.1 Å². The smallest absolute Gasteiger partial charge is 0.212 e. The van der Waals surface area contributed by atoms with E-state index in [4.69, 9.17) is 4.74 Å². The van der Waals surface area contributed by atoms with E-state index in [1.807, 2.05) is 19.1 Å². The second-order valence-electron chi connectivity index (χ2n) is 2.19. The number of allylic oxidation sites excluding steroid dienone is 3. The summed E-state index contributed by atoms with van der Waals surface area (Å²) in [5.41, 5.74) is 1.09. The van der Waals surface area contributed by atoms with Gasteiger partial charge in [-0.1, -0.05) is 12.2 Å².